The Hall–Kier alpha value is -0.420. The first-order valence-corrected chi connectivity index (χ1v) is 5.98. The molecule has 0 aliphatic carbocycles. The van der Waals surface area contributed by atoms with Gasteiger partial charge in [-0.3, -0.25) is 4.79 Å². The maximum Gasteiger partial charge on any atom is 0.266 e. The number of halogens is 1. The maximum atomic E-state index is 11.9. The van der Waals surface area contributed by atoms with E-state index in [0.717, 1.165) is 14.5 Å². The lowest BCUT2D eigenvalue weighted by Crippen LogP contribution is -2.41. The van der Waals surface area contributed by atoms with Crippen LogP contribution >= 0.6 is 27.3 Å². The molecule has 0 N–H and O–H groups in total. The molecule has 2 heterocycles. The summed E-state index contributed by atoms with van der Waals surface area (Å²) in [5.41, 5.74) is 0.783. The van der Waals surface area contributed by atoms with Crippen molar-refractivity contribution in [3.8, 4) is 0 Å². The molecule has 3 nitrogen and oxygen atoms in total. The highest BCUT2D eigenvalue weighted by molar-refractivity contribution is 9.11. The van der Waals surface area contributed by atoms with Gasteiger partial charge in [-0.2, -0.15) is 0 Å². The van der Waals surface area contributed by atoms with Crippen molar-refractivity contribution in [3.05, 3.63) is 14.5 Å². The normalized spacial score (nSPS) is 16.3. The average Bonchev–Trinajstić information content (AvgIpc) is 2.49. The van der Waals surface area contributed by atoms with Gasteiger partial charge in [0.2, 0.25) is 0 Å². The molecule has 0 atom stereocenters. The first kappa shape index (κ1) is 10.1. The lowest BCUT2D eigenvalue weighted by Gasteiger charge is -2.31. The van der Waals surface area contributed by atoms with Crippen molar-refractivity contribution in [3.63, 3.8) is 0 Å². The van der Waals surface area contributed by atoms with E-state index in [4.69, 9.17) is 0 Å². The van der Waals surface area contributed by atoms with Gasteiger partial charge in [0.15, 0.2) is 3.92 Å². The smallest absolute Gasteiger partial charge is 0.266 e. The Bertz CT molecular complexity index is 394. The van der Waals surface area contributed by atoms with Crippen LogP contribution in [-0.2, 0) is 6.54 Å². The molecule has 0 aromatic carbocycles. The Balaban J connectivity index is 2.36. The van der Waals surface area contributed by atoms with Crippen molar-refractivity contribution < 1.29 is 4.79 Å². The van der Waals surface area contributed by atoms with Crippen molar-refractivity contribution in [2.75, 3.05) is 0 Å². The molecular weight excluding hydrogens is 264 g/mol. The van der Waals surface area contributed by atoms with Gasteiger partial charge in [-0.1, -0.05) is 0 Å². The summed E-state index contributed by atoms with van der Waals surface area (Å²) in [7, 11) is 0. The van der Waals surface area contributed by atoms with Crippen LogP contribution in [0.4, 0.5) is 0 Å². The van der Waals surface area contributed by atoms with Crippen LogP contribution in [0.5, 0.6) is 0 Å². The van der Waals surface area contributed by atoms with Gasteiger partial charge in [-0.15, -0.1) is 11.3 Å². The number of fused-ring (bicyclic) bond motifs is 1. The number of carbonyl (C=O) groups is 1. The number of carbonyl (C=O) groups excluding carboxylic acids is 1. The van der Waals surface area contributed by atoms with Crippen LogP contribution in [0.25, 0.3) is 0 Å². The Kier molecular flexibility index (Phi) is 2.19. The molecule has 0 radical (unpaired) electrons. The van der Waals surface area contributed by atoms with E-state index in [-0.39, 0.29) is 11.4 Å². The minimum atomic E-state index is -0.121. The minimum Gasteiger partial charge on any atom is -0.327 e. The van der Waals surface area contributed by atoms with Gasteiger partial charge in [-0.05, 0) is 36.7 Å². The summed E-state index contributed by atoms with van der Waals surface area (Å²) in [6.45, 7) is 6.75. The fourth-order valence-electron chi connectivity index (χ4n) is 1.48. The fourth-order valence-corrected chi connectivity index (χ4v) is 2.93. The molecule has 0 unspecified atom stereocenters. The Morgan fingerprint density at radius 2 is 2.14 bits per heavy atom. The van der Waals surface area contributed by atoms with E-state index in [2.05, 4.69) is 20.9 Å². The molecule has 0 bridgehead atoms. The summed E-state index contributed by atoms with van der Waals surface area (Å²) >= 11 is 4.71. The molecular formula is C9H11BrN2OS. The second-order valence-corrected chi connectivity index (χ2v) is 6.58. The van der Waals surface area contributed by atoms with E-state index < -0.39 is 0 Å². The molecule has 76 valence electrons. The van der Waals surface area contributed by atoms with Gasteiger partial charge in [0, 0.05) is 5.54 Å². The van der Waals surface area contributed by atoms with Crippen LogP contribution in [0.15, 0.2) is 3.92 Å². The average molecular weight is 275 g/mol. The van der Waals surface area contributed by atoms with E-state index in [0.29, 0.717) is 6.54 Å². The molecule has 0 fully saturated rings. The lowest BCUT2D eigenvalue weighted by atomic mass is 10.1. The van der Waals surface area contributed by atoms with Gasteiger partial charge < -0.3 is 4.90 Å². The summed E-state index contributed by atoms with van der Waals surface area (Å²) < 4.78 is 0.796. The highest BCUT2D eigenvalue weighted by atomic mass is 79.9. The number of aromatic nitrogens is 1. The highest BCUT2D eigenvalue weighted by Crippen LogP contribution is 2.34. The zero-order chi connectivity index (χ0) is 10.5. The molecule has 0 spiro atoms. The molecule has 2 rings (SSSR count). The van der Waals surface area contributed by atoms with E-state index in [1.807, 2.05) is 25.7 Å². The van der Waals surface area contributed by atoms with Crippen LogP contribution in [0.3, 0.4) is 0 Å². The number of rotatable bonds is 0. The van der Waals surface area contributed by atoms with Gasteiger partial charge in [0.1, 0.15) is 4.88 Å². The predicted molar refractivity (Wildman–Crippen MR) is 59.4 cm³/mol. The summed E-state index contributed by atoms with van der Waals surface area (Å²) in [5.74, 6) is 0.107. The van der Waals surface area contributed by atoms with E-state index in [1.54, 1.807) is 0 Å². The van der Waals surface area contributed by atoms with Crippen molar-refractivity contribution in [2.24, 2.45) is 0 Å². The van der Waals surface area contributed by atoms with Crippen LogP contribution in [0.1, 0.15) is 36.1 Å². The second kappa shape index (κ2) is 3.03. The standard InChI is InChI=1S/C9H11BrN2OS/c1-9(2,3)12-4-5-6(7(12)13)14-8(10)11-5/h4H2,1-3H3. The monoisotopic (exact) mass is 274 g/mol. The Morgan fingerprint density at radius 1 is 1.50 bits per heavy atom. The highest BCUT2D eigenvalue weighted by Gasteiger charge is 2.37. The number of hydrogen-bond acceptors (Lipinski definition) is 3. The third-order valence-electron chi connectivity index (χ3n) is 2.23. The molecule has 0 saturated carbocycles. The van der Waals surface area contributed by atoms with E-state index in [9.17, 15) is 4.79 Å². The summed E-state index contributed by atoms with van der Waals surface area (Å²) in [4.78, 5) is 18.8. The molecule has 0 saturated heterocycles. The first-order chi connectivity index (χ1) is 6.39. The SMILES string of the molecule is CC(C)(C)N1Cc2nc(Br)sc2C1=O. The number of amides is 1. The van der Waals surface area contributed by atoms with Gasteiger partial charge in [0.25, 0.3) is 5.91 Å². The maximum absolute atomic E-state index is 11.9. The molecule has 14 heavy (non-hydrogen) atoms. The van der Waals surface area contributed by atoms with Crippen molar-refractivity contribution >= 4 is 33.2 Å². The minimum absolute atomic E-state index is 0.107. The topological polar surface area (TPSA) is 33.2 Å². The van der Waals surface area contributed by atoms with Crippen molar-refractivity contribution in [2.45, 2.75) is 32.9 Å². The first-order valence-electron chi connectivity index (χ1n) is 4.37. The molecule has 1 aliphatic heterocycles. The van der Waals surface area contributed by atoms with Crippen molar-refractivity contribution in [1.82, 2.24) is 9.88 Å². The quantitative estimate of drug-likeness (QED) is 0.729. The number of nitrogens with zero attached hydrogens (tertiary/aromatic N) is 2. The molecule has 1 aromatic heterocycles. The van der Waals surface area contributed by atoms with E-state index in [1.165, 1.54) is 11.3 Å². The second-order valence-electron chi connectivity index (χ2n) is 4.30. The zero-order valence-corrected chi connectivity index (χ0v) is 10.7. The molecule has 1 aliphatic rings. The fraction of sp³-hybridized carbons (Fsp3) is 0.556. The van der Waals surface area contributed by atoms with E-state index >= 15 is 0 Å². The van der Waals surface area contributed by atoms with Gasteiger partial charge >= 0.3 is 0 Å². The van der Waals surface area contributed by atoms with Crippen molar-refractivity contribution in [1.29, 1.82) is 0 Å². The number of hydrogen-bond donors (Lipinski definition) is 0. The molecule has 1 aromatic rings. The summed E-state index contributed by atoms with van der Waals surface area (Å²) in [5, 5.41) is 0. The lowest BCUT2D eigenvalue weighted by molar-refractivity contribution is 0.0611. The largest absolute Gasteiger partial charge is 0.327 e. The van der Waals surface area contributed by atoms with Crippen LogP contribution < -0.4 is 0 Å². The zero-order valence-electron chi connectivity index (χ0n) is 8.30. The summed E-state index contributed by atoms with van der Waals surface area (Å²) in [6.07, 6.45) is 0. The summed E-state index contributed by atoms with van der Waals surface area (Å²) in [6, 6.07) is 0. The molecule has 5 heteroatoms. The van der Waals surface area contributed by atoms with Gasteiger partial charge in [-0.25, -0.2) is 4.98 Å². The Labute approximate surface area is 95.3 Å². The Morgan fingerprint density at radius 3 is 2.64 bits per heavy atom. The third-order valence-corrected chi connectivity index (χ3v) is 3.77. The molecule has 1 amide bonds. The van der Waals surface area contributed by atoms with Crippen LogP contribution in [-0.4, -0.2) is 21.3 Å². The predicted octanol–water partition coefficient (Wildman–Crippen LogP) is 2.66. The van der Waals surface area contributed by atoms with Crippen LogP contribution in [0, 0.1) is 0 Å². The number of thiazole rings is 1. The van der Waals surface area contributed by atoms with Crippen LogP contribution in [0.2, 0.25) is 0 Å². The van der Waals surface area contributed by atoms with Gasteiger partial charge in [0.05, 0.1) is 12.2 Å². The third kappa shape index (κ3) is 1.48.